The minimum atomic E-state index is -0.160. The lowest BCUT2D eigenvalue weighted by Crippen LogP contribution is -2.49. The highest BCUT2D eigenvalue weighted by atomic mass is 32.1. The highest BCUT2D eigenvalue weighted by molar-refractivity contribution is 7.07. The highest BCUT2D eigenvalue weighted by Crippen LogP contribution is 2.24. The molecule has 1 amide bonds. The minimum absolute atomic E-state index is 0.0264. The predicted octanol–water partition coefficient (Wildman–Crippen LogP) is 3.12. The molecule has 0 saturated carbocycles. The van der Waals surface area contributed by atoms with Gasteiger partial charge in [-0.05, 0) is 19.4 Å². The lowest BCUT2D eigenvalue weighted by molar-refractivity contribution is -0.133. The Morgan fingerprint density at radius 2 is 2.04 bits per heavy atom. The van der Waals surface area contributed by atoms with Crippen LogP contribution in [-0.2, 0) is 11.2 Å². The average Bonchev–Trinajstić information content (AvgIpc) is 3.13. The summed E-state index contributed by atoms with van der Waals surface area (Å²) >= 11 is 1.56. The van der Waals surface area contributed by atoms with Crippen LogP contribution in [0, 0.1) is 5.82 Å². The number of aromatic nitrogens is 1. The Labute approximate surface area is 145 Å². The van der Waals surface area contributed by atoms with Crippen LogP contribution in [0.5, 0.6) is 0 Å². The minimum Gasteiger partial charge on any atom is -0.340 e. The van der Waals surface area contributed by atoms with Crippen LogP contribution in [0.4, 0.5) is 4.39 Å². The Kier molecular flexibility index (Phi) is 5.58. The van der Waals surface area contributed by atoms with Crippen molar-refractivity contribution < 1.29 is 9.18 Å². The molecule has 24 heavy (non-hydrogen) atoms. The second-order valence-corrected chi connectivity index (χ2v) is 6.81. The van der Waals surface area contributed by atoms with Crippen LogP contribution in [0.25, 0.3) is 0 Å². The van der Waals surface area contributed by atoms with Gasteiger partial charge in [0.1, 0.15) is 5.82 Å². The number of hydrogen-bond acceptors (Lipinski definition) is 4. The summed E-state index contributed by atoms with van der Waals surface area (Å²) in [6.45, 7) is 4.98. The molecule has 6 heteroatoms. The molecule has 0 bridgehead atoms. The van der Waals surface area contributed by atoms with E-state index in [9.17, 15) is 9.18 Å². The first-order valence-electron chi connectivity index (χ1n) is 8.28. The highest BCUT2D eigenvalue weighted by Gasteiger charge is 2.25. The van der Waals surface area contributed by atoms with Gasteiger partial charge in [-0.1, -0.05) is 18.2 Å². The van der Waals surface area contributed by atoms with E-state index in [-0.39, 0.29) is 17.8 Å². The van der Waals surface area contributed by atoms with E-state index in [1.807, 2.05) is 29.3 Å². The van der Waals surface area contributed by atoms with Gasteiger partial charge in [-0.2, -0.15) is 0 Å². The van der Waals surface area contributed by atoms with Crippen LogP contribution < -0.4 is 0 Å². The number of piperazine rings is 1. The first-order valence-corrected chi connectivity index (χ1v) is 9.22. The van der Waals surface area contributed by atoms with E-state index in [1.54, 1.807) is 22.9 Å². The molecule has 3 rings (SSSR count). The van der Waals surface area contributed by atoms with Gasteiger partial charge in [-0.3, -0.25) is 9.69 Å². The molecule has 0 spiro atoms. The standard InChI is InChI=1S/C18H22FN3OS/c1-14(16-4-2-3-5-17(16)19)21-8-10-22(11-9-21)18(23)7-6-15-12-24-13-20-15/h2-5,12-14H,6-11H2,1H3/t14-/m1/s1. The third-order valence-electron chi connectivity index (χ3n) is 4.65. The SMILES string of the molecule is C[C@H](c1ccccc1F)N1CCN(C(=O)CCc2cscn2)CC1. The number of thiazole rings is 1. The van der Waals surface area contributed by atoms with Crippen molar-refractivity contribution in [2.75, 3.05) is 26.2 Å². The van der Waals surface area contributed by atoms with Gasteiger partial charge in [0, 0.05) is 49.6 Å². The third kappa shape index (κ3) is 3.99. The molecule has 0 aliphatic carbocycles. The topological polar surface area (TPSA) is 36.4 Å². The number of carbonyl (C=O) groups is 1. The quantitative estimate of drug-likeness (QED) is 0.834. The maximum atomic E-state index is 13.9. The van der Waals surface area contributed by atoms with Gasteiger partial charge in [-0.15, -0.1) is 11.3 Å². The molecule has 1 aliphatic heterocycles. The Balaban J connectivity index is 1.50. The zero-order valence-electron chi connectivity index (χ0n) is 13.8. The van der Waals surface area contributed by atoms with Crippen LogP contribution in [0.1, 0.15) is 30.6 Å². The average molecular weight is 347 g/mol. The van der Waals surface area contributed by atoms with E-state index in [1.165, 1.54) is 6.07 Å². The molecule has 1 aliphatic rings. The van der Waals surface area contributed by atoms with Crippen molar-refractivity contribution in [1.82, 2.24) is 14.8 Å². The summed E-state index contributed by atoms with van der Waals surface area (Å²) in [6.07, 6.45) is 1.21. The number of hydrogen-bond donors (Lipinski definition) is 0. The first-order chi connectivity index (χ1) is 11.6. The summed E-state index contributed by atoms with van der Waals surface area (Å²) in [5.74, 6) is 0.0213. The summed E-state index contributed by atoms with van der Waals surface area (Å²) in [4.78, 5) is 20.7. The predicted molar refractivity (Wildman–Crippen MR) is 93.4 cm³/mol. The van der Waals surface area contributed by atoms with Crippen molar-refractivity contribution in [1.29, 1.82) is 0 Å². The van der Waals surface area contributed by atoms with Gasteiger partial charge >= 0.3 is 0 Å². The van der Waals surface area contributed by atoms with Crippen LogP contribution >= 0.6 is 11.3 Å². The fourth-order valence-electron chi connectivity index (χ4n) is 3.12. The lowest BCUT2D eigenvalue weighted by Gasteiger charge is -2.38. The van der Waals surface area contributed by atoms with Crippen LogP contribution in [-0.4, -0.2) is 46.9 Å². The van der Waals surface area contributed by atoms with E-state index in [0.717, 1.165) is 24.3 Å². The molecule has 1 saturated heterocycles. The van der Waals surface area contributed by atoms with Gasteiger partial charge in [-0.25, -0.2) is 9.37 Å². The number of carbonyl (C=O) groups excluding carboxylic acids is 1. The number of aryl methyl sites for hydroxylation is 1. The molecule has 2 aromatic rings. The van der Waals surface area contributed by atoms with Crippen LogP contribution in [0.15, 0.2) is 35.2 Å². The molecule has 1 aromatic heterocycles. The van der Waals surface area contributed by atoms with Crippen LogP contribution in [0.2, 0.25) is 0 Å². The summed E-state index contributed by atoms with van der Waals surface area (Å²) < 4.78 is 13.9. The van der Waals surface area contributed by atoms with Gasteiger partial charge < -0.3 is 4.90 Å². The van der Waals surface area contributed by atoms with Crippen molar-refractivity contribution >= 4 is 17.2 Å². The molecular weight excluding hydrogens is 325 g/mol. The lowest BCUT2D eigenvalue weighted by atomic mass is 10.1. The Bertz CT molecular complexity index is 669. The number of halogens is 1. The second kappa shape index (κ2) is 7.85. The van der Waals surface area contributed by atoms with Gasteiger partial charge in [0.25, 0.3) is 0 Å². The van der Waals surface area contributed by atoms with Crippen molar-refractivity contribution in [3.8, 4) is 0 Å². The normalized spacial score (nSPS) is 17.0. The second-order valence-electron chi connectivity index (χ2n) is 6.09. The fraction of sp³-hybridized carbons (Fsp3) is 0.444. The number of amides is 1. The van der Waals surface area contributed by atoms with E-state index in [0.29, 0.717) is 25.9 Å². The van der Waals surface area contributed by atoms with Gasteiger partial charge in [0.15, 0.2) is 0 Å². The smallest absolute Gasteiger partial charge is 0.223 e. The van der Waals surface area contributed by atoms with Crippen molar-refractivity contribution in [2.24, 2.45) is 0 Å². The van der Waals surface area contributed by atoms with Crippen molar-refractivity contribution in [3.63, 3.8) is 0 Å². The fourth-order valence-corrected chi connectivity index (χ4v) is 3.72. The van der Waals surface area contributed by atoms with Crippen molar-refractivity contribution in [2.45, 2.75) is 25.8 Å². The summed E-state index contributed by atoms with van der Waals surface area (Å²) in [5, 5.41) is 1.99. The molecular formula is C18H22FN3OS. The van der Waals surface area contributed by atoms with Crippen molar-refractivity contribution in [3.05, 3.63) is 52.2 Å². The zero-order chi connectivity index (χ0) is 16.9. The first kappa shape index (κ1) is 17.0. The molecule has 2 heterocycles. The van der Waals surface area contributed by atoms with Crippen LogP contribution in [0.3, 0.4) is 0 Å². The maximum Gasteiger partial charge on any atom is 0.223 e. The number of rotatable bonds is 5. The van der Waals surface area contributed by atoms with Gasteiger partial charge in [0.05, 0.1) is 11.2 Å². The van der Waals surface area contributed by atoms with E-state index < -0.39 is 0 Å². The molecule has 0 radical (unpaired) electrons. The molecule has 4 nitrogen and oxygen atoms in total. The summed E-state index contributed by atoms with van der Waals surface area (Å²) in [6, 6.07) is 6.95. The van der Waals surface area contributed by atoms with Gasteiger partial charge in [0.2, 0.25) is 5.91 Å². The zero-order valence-corrected chi connectivity index (χ0v) is 14.6. The molecule has 1 fully saturated rings. The largest absolute Gasteiger partial charge is 0.340 e. The third-order valence-corrected chi connectivity index (χ3v) is 5.28. The Hall–Kier alpha value is -1.79. The molecule has 128 valence electrons. The monoisotopic (exact) mass is 347 g/mol. The number of nitrogens with zero attached hydrogens (tertiary/aromatic N) is 3. The molecule has 1 atom stereocenters. The molecule has 1 aromatic carbocycles. The maximum absolute atomic E-state index is 13.9. The summed E-state index contributed by atoms with van der Waals surface area (Å²) in [7, 11) is 0. The molecule has 0 unspecified atom stereocenters. The Morgan fingerprint density at radius 3 is 2.71 bits per heavy atom. The molecule has 0 N–H and O–H groups in total. The van der Waals surface area contributed by atoms with E-state index >= 15 is 0 Å². The summed E-state index contributed by atoms with van der Waals surface area (Å²) in [5.41, 5.74) is 3.50. The number of benzene rings is 1. The Morgan fingerprint density at radius 1 is 1.29 bits per heavy atom. The van der Waals surface area contributed by atoms with E-state index in [2.05, 4.69) is 9.88 Å². The van der Waals surface area contributed by atoms with E-state index in [4.69, 9.17) is 0 Å².